The first-order valence-electron chi connectivity index (χ1n) is 8.84. The molecule has 1 fully saturated rings. The summed E-state index contributed by atoms with van der Waals surface area (Å²) in [5.74, 6) is -0.455. The Hall–Kier alpha value is -1.48. The molecule has 1 aromatic rings. The fourth-order valence-corrected chi connectivity index (χ4v) is 4.30. The lowest BCUT2D eigenvalue weighted by molar-refractivity contribution is -0.132. The molecule has 1 aliphatic heterocycles. The van der Waals surface area contributed by atoms with Gasteiger partial charge >= 0.3 is 0 Å². The predicted molar refractivity (Wildman–Crippen MR) is 99.1 cm³/mol. The molecule has 2 rings (SSSR count). The number of sulfonamides is 1. The minimum Gasteiger partial charge on any atom is -0.373 e. The minimum absolute atomic E-state index is 0.0559. The van der Waals surface area contributed by atoms with Crippen LogP contribution in [0.25, 0.3) is 0 Å². The van der Waals surface area contributed by atoms with Gasteiger partial charge in [-0.05, 0) is 26.3 Å². The number of amides is 1. The van der Waals surface area contributed by atoms with Gasteiger partial charge in [-0.25, -0.2) is 8.42 Å². The highest BCUT2D eigenvalue weighted by molar-refractivity contribution is 7.89. The Morgan fingerprint density at radius 1 is 1.27 bits per heavy atom. The van der Waals surface area contributed by atoms with E-state index in [0.717, 1.165) is 5.56 Å². The van der Waals surface area contributed by atoms with Crippen LogP contribution in [0, 0.1) is 0 Å². The number of hydrogen-bond donors (Lipinski definition) is 1. The van der Waals surface area contributed by atoms with Crippen LogP contribution in [0.5, 0.6) is 0 Å². The van der Waals surface area contributed by atoms with Crippen molar-refractivity contribution in [3.63, 3.8) is 0 Å². The molecule has 0 radical (unpaired) electrons. The molecule has 1 saturated heterocycles. The Morgan fingerprint density at radius 3 is 2.50 bits per heavy atom. The Balaban J connectivity index is 1.74. The van der Waals surface area contributed by atoms with E-state index in [2.05, 4.69) is 5.32 Å². The number of carbonyl (C=O) groups is 1. The smallest absolute Gasteiger partial charge is 0.248 e. The van der Waals surface area contributed by atoms with E-state index in [0.29, 0.717) is 19.7 Å². The van der Waals surface area contributed by atoms with Gasteiger partial charge in [0.2, 0.25) is 15.9 Å². The van der Waals surface area contributed by atoms with Crippen molar-refractivity contribution in [2.24, 2.45) is 0 Å². The molecule has 1 N–H and O–H groups in total. The van der Waals surface area contributed by atoms with Gasteiger partial charge in [-0.2, -0.15) is 4.31 Å². The highest BCUT2D eigenvalue weighted by Crippen LogP contribution is 2.14. The summed E-state index contributed by atoms with van der Waals surface area (Å²) in [5.41, 5.74) is 0.977. The summed E-state index contributed by atoms with van der Waals surface area (Å²) in [5, 5.41) is 2.64. The van der Waals surface area contributed by atoms with Crippen molar-refractivity contribution < 1.29 is 22.7 Å². The molecule has 0 bridgehead atoms. The van der Waals surface area contributed by atoms with Crippen molar-refractivity contribution in [3.05, 3.63) is 35.9 Å². The average Bonchev–Trinajstić information content (AvgIpc) is 2.59. The fraction of sp³-hybridized carbons (Fsp3) is 0.611. The molecule has 1 aromatic carbocycles. The van der Waals surface area contributed by atoms with Gasteiger partial charge < -0.3 is 14.8 Å². The van der Waals surface area contributed by atoms with Crippen LogP contribution in [-0.4, -0.2) is 62.3 Å². The third-order valence-electron chi connectivity index (χ3n) is 4.15. The Kier molecular flexibility index (Phi) is 7.57. The van der Waals surface area contributed by atoms with Gasteiger partial charge in [-0.3, -0.25) is 4.79 Å². The van der Waals surface area contributed by atoms with E-state index in [9.17, 15) is 13.2 Å². The topological polar surface area (TPSA) is 84.9 Å². The number of hydrogen-bond acceptors (Lipinski definition) is 5. The zero-order valence-electron chi connectivity index (χ0n) is 15.6. The second kappa shape index (κ2) is 9.45. The van der Waals surface area contributed by atoms with E-state index in [1.165, 1.54) is 4.31 Å². The van der Waals surface area contributed by atoms with E-state index in [1.54, 1.807) is 6.92 Å². The maximum atomic E-state index is 12.4. The summed E-state index contributed by atoms with van der Waals surface area (Å²) in [6, 6.07) is 9.56. The summed E-state index contributed by atoms with van der Waals surface area (Å²) in [6.45, 7) is 6.43. The van der Waals surface area contributed by atoms with Crippen molar-refractivity contribution in [2.45, 2.75) is 45.7 Å². The number of benzene rings is 1. The van der Waals surface area contributed by atoms with Gasteiger partial charge in [0.15, 0.2) is 0 Å². The van der Waals surface area contributed by atoms with Gasteiger partial charge in [0.25, 0.3) is 0 Å². The molecule has 1 amide bonds. The van der Waals surface area contributed by atoms with Crippen molar-refractivity contribution in [1.29, 1.82) is 0 Å². The lowest BCUT2D eigenvalue weighted by Crippen LogP contribution is -2.50. The zero-order valence-corrected chi connectivity index (χ0v) is 16.4. The van der Waals surface area contributed by atoms with E-state index >= 15 is 0 Å². The molecule has 0 saturated carbocycles. The Morgan fingerprint density at radius 2 is 1.88 bits per heavy atom. The second-order valence-corrected chi connectivity index (χ2v) is 8.71. The van der Waals surface area contributed by atoms with Gasteiger partial charge in [-0.1, -0.05) is 30.3 Å². The molecule has 3 atom stereocenters. The molecule has 7 nitrogen and oxygen atoms in total. The fourth-order valence-electron chi connectivity index (χ4n) is 2.81. The lowest BCUT2D eigenvalue weighted by atomic mass is 10.2. The Labute approximate surface area is 155 Å². The number of ether oxygens (including phenoxy) is 2. The van der Waals surface area contributed by atoms with Crippen LogP contribution >= 0.6 is 0 Å². The van der Waals surface area contributed by atoms with Crippen molar-refractivity contribution in [3.8, 4) is 0 Å². The van der Waals surface area contributed by atoms with Crippen LogP contribution in [0.4, 0.5) is 0 Å². The summed E-state index contributed by atoms with van der Waals surface area (Å²) >= 11 is 0. The molecule has 0 aromatic heterocycles. The standard InChI is InChI=1S/C18H28N2O5S/c1-14-11-20(12-15(2)25-14)26(22,23)10-9-19-18(21)16(3)24-13-17-7-5-4-6-8-17/h4-8,14-16H,9-13H2,1-3H3,(H,19,21). The van der Waals surface area contributed by atoms with Gasteiger partial charge in [0.1, 0.15) is 6.10 Å². The van der Waals surface area contributed by atoms with E-state index in [1.807, 2.05) is 44.2 Å². The third kappa shape index (κ3) is 6.35. The molecular weight excluding hydrogens is 356 g/mol. The molecule has 26 heavy (non-hydrogen) atoms. The highest BCUT2D eigenvalue weighted by Gasteiger charge is 2.30. The molecule has 0 aliphatic carbocycles. The summed E-state index contributed by atoms with van der Waals surface area (Å²) in [7, 11) is -3.43. The van der Waals surface area contributed by atoms with Crippen LogP contribution in [-0.2, 0) is 30.9 Å². The van der Waals surface area contributed by atoms with Crippen LogP contribution < -0.4 is 5.32 Å². The predicted octanol–water partition coefficient (Wildman–Crippen LogP) is 1.15. The highest BCUT2D eigenvalue weighted by atomic mass is 32.2. The summed E-state index contributed by atoms with van der Waals surface area (Å²) < 4.78 is 37.4. The molecule has 3 unspecified atom stereocenters. The zero-order chi connectivity index (χ0) is 19.2. The van der Waals surface area contributed by atoms with Crippen LogP contribution in [0.3, 0.4) is 0 Å². The van der Waals surface area contributed by atoms with Gasteiger partial charge in [-0.15, -0.1) is 0 Å². The number of morpholine rings is 1. The van der Waals surface area contributed by atoms with E-state index < -0.39 is 16.1 Å². The van der Waals surface area contributed by atoms with Crippen molar-refractivity contribution >= 4 is 15.9 Å². The molecule has 8 heteroatoms. The molecule has 0 spiro atoms. The van der Waals surface area contributed by atoms with Crippen molar-refractivity contribution in [1.82, 2.24) is 9.62 Å². The van der Waals surface area contributed by atoms with Gasteiger partial charge in [0.05, 0.1) is 24.6 Å². The lowest BCUT2D eigenvalue weighted by Gasteiger charge is -2.34. The van der Waals surface area contributed by atoms with Crippen molar-refractivity contribution in [2.75, 3.05) is 25.4 Å². The first-order chi connectivity index (χ1) is 12.3. The number of nitrogens with zero attached hydrogens (tertiary/aromatic N) is 1. The monoisotopic (exact) mass is 384 g/mol. The summed E-state index contributed by atoms with van der Waals surface area (Å²) in [4.78, 5) is 12.1. The third-order valence-corrected chi connectivity index (χ3v) is 5.96. The maximum absolute atomic E-state index is 12.4. The van der Waals surface area contributed by atoms with Crippen LogP contribution in [0.2, 0.25) is 0 Å². The largest absolute Gasteiger partial charge is 0.373 e. The molecule has 146 valence electrons. The normalized spacial score (nSPS) is 22.7. The molecule has 1 heterocycles. The number of nitrogens with one attached hydrogen (secondary N) is 1. The van der Waals surface area contributed by atoms with E-state index in [4.69, 9.17) is 9.47 Å². The van der Waals surface area contributed by atoms with E-state index in [-0.39, 0.29) is 30.4 Å². The van der Waals surface area contributed by atoms with Crippen LogP contribution in [0.1, 0.15) is 26.3 Å². The second-order valence-electron chi connectivity index (χ2n) is 6.62. The quantitative estimate of drug-likeness (QED) is 0.727. The average molecular weight is 384 g/mol. The Bertz CT molecular complexity index is 670. The number of carbonyl (C=O) groups excluding carboxylic acids is 1. The first kappa shape index (κ1) is 20.8. The minimum atomic E-state index is -3.43. The SMILES string of the molecule is CC1CN(S(=O)(=O)CCNC(=O)C(C)OCc2ccccc2)CC(C)O1. The number of rotatable bonds is 8. The molecular formula is C18H28N2O5S. The maximum Gasteiger partial charge on any atom is 0.248 e. The molecule has 1 aliphatic rings. The van der Waals surface area contributed by atoms with Gasteiger partial charge in [0, 0.05) is 19.6 Å². The van der Waals surface area contributed by atoms with Crippen LogP contribution in [0.15, 0.2) is 30.3 Å². The summed E-state index contributed by atoms with van der Waals surface area (Å²) in [6.07, 6.45) is -0.912. The first-order valence-corrected chi connectivity index (χ1v) is 10.5.